The molecule has 4 aliphatic carbocycles. The van der Waals surface area contributed by atoms with Crippen molar-refractivity contribution in [1.29, 1.82) is 0 Å². The van der Waals surface area contributed by atoms with Crippen LogP contribution in [0, 0.1) is 17.8 Å². The fraction of sp³-hybridized carbons (Fsp3) is 0.690. The van der Waals surface area contributed by atoms with Crippen molar-refractivity contribution in [2.75, 3.05) is 26.7 Å². The maximum atomic E-state index is 14.4. The number of likely N-dealkylation sites (tertiary alicyclic amines) is 1. The number of aryl methyl sites for hydroxylation is 1. The number of ether oxygens (including phenoxy) is 2. The average molecular weight is 655 g/mol. The summed E-state index contributed by atoms with van der Waals surface area (Å²) in [5.41, 5.74) is 4.13. The summed E-state index contributed by atoms with van der Waals surface area (Å²) in [5, 5.41) is 10.2. The lowest BCUT2D eigenvalue weighted by Crippen LogP contribution is -2.69. The Morgan fingerprint density at radius 1 is 1.02 bits per heavy atom. The highest BCUT2D eigenvalue weighted by molar-refractivity contribution is 5.77. The zero-order chi connectivity index (χ0) is 32.7. The van der Waals surface area contributed by atoms with Crippen molar-refractivity contribution >= 4 is 5.91 Å². The average Bonchev–Trinajstić information content (AvgIpc) is 3.70. The molecule has 4 fully saturated rings. The number of amides is 1. The number of benzene rings is 2. The van der Waals surface area contributed by atoms with Crippen LogP contribution in [0.25, 0.3) is 0 Å². The molecule has 3 saturated carbocycles. The molecule has 6 nitrogen and oxygen atoms in total. The third-order valence-corrected chi connectivity index (χ3v) is 13.6. The van der Waals surface area contributed by atoms with Gasteiger partial charge in [0.25, 0.3) is 0 Å². The molecule has 6 aliphatic rings. The number of rotatable bonds is 14. The first kappa shape index (κ1) is 32.6. The summed E-state index contributed by atoms with van der Waals surface area (Å²) in [6.07, 6.45) is 19.3. The minimum absolute atomic E-state index is 0.0296. The van der Waals surface area contributed by atoms with Crippen LogP contribution in [0.2, 0.25) is 0 Å². The lowest BCUT2D eigenvalue weighted by atomic mass is 9.51. The molecule has 2 aromatic carbocycles. The fourth-order valence-corrected chi connectivity index (χ4v) is 11.1. The van der Waals surface area contributed by atoms with Gasteiger partial charge in [0.2, 0.25) is 5.91 Å². The Kier molecular flexibility index (Phi) is 9.50. The van der Waals surface area contributed by atoms with Crippen LogP contribution in [0.3, 0.4) is 0 Å². The van der Waals surface area contributed by atoms with Crippen LogP contribution in [0.1, 0.15) is 113 Å². The quantitative estimate of drug-likeness (QED) is 0.214. The Balaban J connectivity index is 1.04. The number of piperidine rings is 1. The van der Waals surface area contributed by atoms with E-state index in [0.29, 0.717) is 30.2 Å². The van der Waals surface area contributed by atoms with Crippen molar-refractivity contribution in [1.82, 2.24) is 9.80 Å². The Labute approximate surface area is 288 Å². The second kappa shape index (κ2) is 14.0. The van der Waals surface area contributed by atoms with Crippen LogP contribution >= 0.6 is 0 Å². The van der Waals surface area contributed by atoms with Crippen LogP contribution in [-0.4, -0.2) is 71.8 Å². The molecule has 7 atom stereocenters. The van der Waals surface area contributed by atoms with Crippen LogP contribution < -0.4 is 9.47 Å². The summed E-state index contributed by atoms with van der Waals surface area (Å²) in [4.78, 5) is 19.4. The molecule has 2 bridgehead atoms. The molecule has 0 aromatic heterocycles. The van der Waals surface area contributed by atoms with Gasteiger partial charge in [-0.2, -0.15) is 0 Å². The number of nitrogens with zero attached hydrogens (tertiary/aromatic N) is 2. The number of carbonyl (C=O) groups is 1. The van der Waals surface area contributed by atoms with Gasteiger partial charge in [-0.05, 0) is 93.4 Å². The molecule has 2 heterocycles. The molecular weight excluding hydrogens is 596 g/mol. The monoisotopic (exact) mass is 654 g/mol. The lowest BCUT2D eigenvalue weighted by Gasteiger charge is -2.60. The van der Waals surface area contributed by atoms with E-state index in [1.807, 2.05) is 0 Å². The van der Waals surface area contributed by atoms with Crippen molar-refractivity contribution < 1.29 is 19.4 Å². The Morgan fingerprint density at radius 3 is 2.65 bits per heavy atom. The Bertz CT molecular complexity index is 1420. The fourth-order valence-electron chi connectivity index (χ4n) is 11.1. The van der Waals surface area contributed by atoms with Crippen molar-refractivity contribution in [3.8, 4) is 11.5 Å². The molecular formula is C42H58N2O4. The topological polar surface area (TPSA) is 62.2 Å². The van der Waals surface area contributed by atoms with Crippen molar-refractivity contribution in [2.24, 2.45) is 17.8 Å². The number of carbonyl (C=O) groups excluding carboxylic acids is 1. The van der Waals surface area contributed by atoms with E-state index in [9.17, 15) is 9.90 Å². The van der Waals surface area contributed by atoms with Crippen molar-refractivity contribution in [3.63, 3.8) is 0 Å². The van der Waals surface area contributed by atoms with Gasteiger partial charge in [-0.3, -0.25) is 9.69 Å². The summed E-state index contributed by atoms with van der Waals surface area (Å²) in [5.74, 6) is 3.97. The van der Waals surface area contributed by atoms with E-state index in [0.717, 1.165) is 94.8 Å². The predicted octanol–water partition coefficient (Wildman–Crippen LogP) is 7.48. The van der Waals surface area contributed by atoms with Gasteiger partial charge < -0.3 is 19.5 Å². The number of aliphatic hydroxyl groups excluding tert-OH is 1. The first-order valence-corrected chi connectivity index (χ1v) is 19.7. The summed E-state index contributed by atoms with van der Waals surface area (Å²) in [6.45, 7) is 2.87. The molecule has 1 amide bonds. The zero-order valence-electron chi connectivity index (χ0n) is 29.3. The lowest BCUT2D eigenvalue weighted by molar-refractivity contribution is -0.143. The van der Waals surface area contributed by atoms with Gasteiger partial charge in [0.05, 0.1) is 19.3 Å². The standard InChI is InChI=1S/C42H58N2O4/c1-47-37-22-19-31-26-35-33-20-21-34(41-42(33,39(31)40(37)48-41)23-25-43(35)28-32-27-36(32)45)44(24-11-10-17-30-14-6-3-7-15-30)38(46)18-9-8-16-29-12-4-2-5-13-29/h3,6-7,14-15,19,22,29,32-36,41,45H,2,4-5,8-13,16-18,20-21,23-28H2,1H3/t32?,33-,34+,35+,36?,41-,42-/m0/s1. The van der Waals surface area contributed by atoms with Crippen molar-refractivity contribution in [3.05, 3.63) is 59.2 Å². The highest BCUT2D eigenvalue weighted by atomic mass is 16.5. The number of unbranched alkanes of at least 4 members (excludes halogenated alkanes) is 2. The van der Waals surface area contributed by atoms with Crippen LogP contribution in [0.5, 0.6) is 11.5 Å². The van der Waals surface area contributed by atoms with Gasteiger partial charge >= 0.3 is 0 Å². The third-order valence-electron chi connectivity index (χ3n) is 13.6. The SMILES string of the molecule is COc1ccc2c3c1O[C@H]1[C@H](N(CCCCc4ccccc4)C(=O)CCCCC4CCCCC4)CC[C@H]4[C@@H](C2)N(CC2CC2O)CC[C@@]341. The van der Waals surface area contributed by atoms with Gasteiger partial charge in [0.15, 0.2) is 11.5 Å². The van der Waals surface area contributed by atoms with Crippen LogP contribution in [-0.2, 0) is 23.1 Å². The second-order valence-corrected chi connectivity index (χ2v) is 16.3. The molecule has 48 heavy (non-hydrogen) atoms. The van der Waals surface area contributed by atoms with E-state index in [-0.39, 0.29) is 23.7 Å². The first-order valence-electron chi connectivity index (χ1n) is 19.7. The molecule has 2 aliphatic heterocycles. The summed E-state index contributed by atoms with van der Waals surface area (Å²) in [7, 11) is 1.77. The Hall–Kier alpha value is -2.57. The van der Waals surface area contributed by atoms with E-state index < -0.39 is 0 Å². The maximum Gasteiger partial charge on any atom is 0.222 e. The molecule has 1 saturated heterocycles. The van der Waals surface area contributed by atoms with Gasteiger partial charge in [0.1, 0.15) is 6.10 Å². The van der Waals surface area contributed by atoms with Gasteiger partial charge in [-0.1, -0.05) is 81.3 Å². The molecule has 6 heteroatoms. The Morgan fingerprint density at radius 2 is 1.85 bits per heavy atom. The molecule has 2 aromatic rings. The first-order chi connectivity index (χ1) is 23.6. The number of hydrogen-bond donors (Lipinski definition) is 1. The van der Waals surface area contributed by atoms with Gasteiger partial charge in [-0.15, -0.1) is 0 Å². The largest absolute Gasteiger partial charge is 0.493 e. The summed E-state index contributed by atoms with van der Waals surface area (Å²) in [6, 6.07) is 15.8. The summed E-state index contributed by atoms with van der Waals surface area (Å²) < 4.78 is 13.1. The molecule has 260 valence electrons. The minimum atomic E-state index is -0.116. The highest BCUT2D eigenvalue weighted by Crippen LogP contribution is 2.64. The highest BCUT2D eigenvalue weighted by Gasteiger charge is 2.67. The third kappa shape index (κ3) is 6.08. The number of hydrogen-bond acceptors (Lipinski definition) is 5. The van der Waals surface area contributed by atoms with E-state index in [1.165, 1.54) is 61.6 Å². The van der Waals surface area contributed by atoms with E-state index in [2.05, 4.69) is 52.3 Å². The maximum absolute atomic E-state index is 14.4. The predicted molar refractivity (Wildman–Crippen MR) is 190 cm³/mol. The summed E-state index contributed by atoms with van der Waals surface area (Å²) >= 11 is 0. The van der Waals surface area contributed by atoms with Crippen LogP contribution in [0.4, 0.5) is 0 Å². The molecule has 1 N–H and O–H groups in total. The minimum Gasteiger partial charge on any atom is -0.493 e. The molecule has 0 radical (unpaired) electrons. The van der Waals surface area contributed by atoms with E-state index in [1.54, 1.807) is 7.11 Å². The van der Waals surface area contributed by atoms with E-state index >= 15 is 0 Å². The number of aliphatic hydroxyl groups is 1. The number of methoxy groups -OCH3 is 1. The van der Waals surface area contributed by atoms with Crippen LogP contribution in [0.15, 0.2) is 42.5 Å². The molecule has 8 rings (SSSR count). The van der Waals surface area contributed by atoms with Crippen molar-refractivity contribution in [2.45, 2.75) is 139 Å². The second-order valence-electron chi connectivity index (χ2n) is 16.3. The zero-order valence-corrected chi connectivity index (χ0v) is 29.3. The molecule has 2 unspecified atom stereocenters. The van der Waals surface area contributed by atoms with Gasteiger partial charge in [0, 0.05) is 42.4 Å². The molecule has 1 spiro atoms. The van der Waals surface area contributed by atoms with E-state index in [4.69, 9.17) is 9.47 Å². The van der Waals surface area contributed by atoms with Gasteiger partial charge in [-0.25, -0.2) is 0 Å². The normalized spacial score (nSPS) is 32.0. The smallest absolute Gasteiger partial charge is 0.222 e.